The fraction of sp³-hybridized carbons (Fsp3) is 0.267. The van der Waals surface area contributed by atoms with E-state index in [9.17, 15) is 30.8 Å². The number of benzene rings is 1. The largest absolute Gasteiger partial charge is 0.481 e. The van der Waals surface area contributed by atoms with E-state index in [0.717, 1.165) is 24.3 Å². The van der Waals surface area contributed by atoms with E-state index < -0.39 is 45.2 Å². The van der Waals surface area contributed by atoms with Gasteiger partial charge in [-0.15, -0.1) is 0 Å². The summed E-state index contributed by atoms with van der Waals surface area (Å²) in [5.74, 6) is -1.55. The molecule has 2 rings (SSSR count). The van der Waals surface area contributed by atoms with Gasteiger partial charge in [-0.05, 0) is 12.1 Å². The normalized spacial score (nSPS) is 11.7. The van der Waals surface area contributed by atoms with Crippen LogP contribution in [-0.4, -0.2) is 51.2 Å². The Morgan fingerprint density at radius 2 is 1.67 bits per heavy atom. The molecule has 0 aliphatic heterocycles. The topological polar surface area (TPSA) is 129 Å². The highest BCUT2D eigenvalue weighted by Gasteiger charge is 2.45. The number of sulfonamides is 1. The molecule has 2 aromatic rings. The maximum Gasteiger partial charge on any atom is 0.461 e. The molecule has 0 fully saturated rings. The molecule has 0 saturated heterocycles. The van der Waals surface area contributed by atoms with Crippen LogP contribution in [0.25, 0.3) is 0 Å². The van der Waals surface area contributed by atoms with Crippen LogP contribution < -0.4 is 24.2 Å². The maximum absolute atomic E-state index is 13.2. The summed E-state index contributed by atoms with van der Waals surface area (Å²) in [6, 6.07) is 3.57. The number of carbonyl (C=O) groups excluding carboxylic acids is 1. The minimum atomic E-state index is -4.96. The number of alkyl halides is 4. The van der Waals surface area contributed by atoms with Crippen LogP contribution in [0.2, 0.25) is 0 Å². The second kappa shape index (κ2) is 8.98. The second-order valence-electron chi connectivity index (χ2n) is 5.25. The smallest absolute Gasteiger partial charge is 0.461 e. The van der Waals surface area contributed by atoms with Crippen molar-refractivity contribution >= 4 is 22.0 Å². The molecule has 15 heteroatoms. The number of aromatic nitrogens is 2. The van der Waals surface area contributed by atoms with Crippen molar-refractivity contribution in [3.8, 4) is 17.5 Å². The molecule has 0 spiro atoms. The number of nitrogens with one attached hydrogen (secondary N) is 2. The van der Waals surface area contributed by atoms with Gasteiger partial charge in [0.15, 0.2) is 0 Å². The Morgan fingerprint density at radius 3 is 2.20 bits per heavy atom. The first kappa shape index (κ1) is 22.9. The number of anilines is 1. The van der Waals surface area contributed by atoms with E-state index in [1.54, 1.807) is 0 Å². The van der Waals surface area contributed by atoms with Gasteiger partial charge in [0.2, 0.25) is 17.7 Å². The zero-order chi connectivity index (χ0) is 22.5. The molecular formula is C15H14F4N4O6S. The molecule has 10 nitrogen and oxygen atoms in total. The molecule has 0 unspecified atom stereocenters. The van der Waals surface area contributed by atoms with Gasteiger partial charge in [0.1, 0.15) is 10.6 Å². The minimum absolute atomic E-state index is 0.0204. The van der Waals surface area contributed by atoms with Crippen molar-refractivity contribution in [3.63, 3.8) is 0 Å². The van der Waals surface area contributed by atoms with Crippen molar-refractivity contribution in [1.82, 2.24) is 14.7 Å². The first-order valence-corrected chi connectivity index (χ1v) is 9.21. The molecule has 0 saturated carbocycles. The van der Waals surface area contributed by atoms with Crippen LogP contribution in [-0.2, 0) is 10.0 Å². The number of nitrogens with zero attached hydrogens (tertiary/aromatic N) is 2. The number of methoxy groups -OCH3 is 2. The number of ether oxygens (including phenoxy) is 3. The van der Waals surface area contributed by atoms with Crippen LogP contribution in [0.4, 0.5) is 28.3 Å². The van der Waals surface area contributed by atoms with Gasteiger partial charge in [-0.25, -0.2) is 17.9 Å². The Kier molecular flexibility index (Phi) is 6.86. The number of urea groups is 1. The van der Waals surface area contributed by atoms with Gasteiger partial charge in [-0.3, -0.25) is 5.32 Å². The summed E-state index contributed by atoms with van der Waals surface area (Å²) >= 11 is 0. The minimum Gasteiger partial charge on any atom is -0.481 e. The van der Waals surface area contributed by atoms with Gasteiger partial charge < -0.3 is 14.2 Å². The van der Waals surface area contributed by atoms with Gasteiger partial charge >= 0.3 is 18.6 Å². The highest BCUT2D eigenvalue weighted by atomic mass is 32.2. The highest BCUT2D eigenvalue weighted by molar-refractivity contribution is 7.90. The van der Waals surface area contributed by atoms with Crippen molar-refractivity contribution in [1.29, 1.82) is 0 Å². The molecule has 164 valence electrons. The van der Waals surface area contributed by atoms with Crippen molar-refractivity contribution in [2.45, 2.75) is 17.4 Å². The number of carbonyl (C=O) groups is 1. The quantitative estimate of drug-likeness (QED) is 0.581. The number of amides is 2. The lowest BCUT2D eigenvalue weighted by molar-refractivity contribution is -0.254. The van der Waals surface area contributed by atoms with Crippen molar-refractivity contribution in [2.24, 2.45) is 0 Å². The molecule has 30 heavy (non-hydrogen) atoms. The molecule has 0 aliphatic carbocycles. The molecule has 0 bridgehead atoms. The number of hydrogen-bond acceptors (Lipinski definition) is 8. The van der Waals surface area contributed by atoms with Crippen LogP contribution >= 0.6 is 0 Å². The first-order chi connectivity index (χ1) is 14.0. The Bertz CT molecular complexity index is 1000. The third kappa shape index (κ3) is 5.59. The first-order valence-electron chi connectivity index (χ1n) is 7.73. The van der Waals surface area contributed by atoms with Gasteiger partial charge in [-0.1, -0.05) is 12.1 Å². The molecule has 2 N–H and O–H groups in total. The molecule has 2 amide bonds. The van der Waals surface area contributed by atoms with Crippen LogP contribution in [0.15, 0.2) is 35.2 Å². The summed E-state index contributed by atoms with van der Waals surface area (Å²) in [7, 11) is -2.29. The zero-order valence-electron chi connectivity index (χ0n) is 15.2. The van der Waals surface area contributed by atoms with Gasteiger partial charge in [-0.2, -0.15) is 27.5 Å². The van der Waals surface area contributed by atoms with Crippen molar-refractivity contribution in [3.05, 3.63) is 30.3 Å². The van der Waals surface area contributed by atoms with Crippen LogP contribution in [0.3, 0.4) is 0 Å². The maximum atomic E-state index is 13.2. The summed E-state index contributed by atoms with van der Waals surface area (Å²) in [4.78, 5) is 18.5. The molecule has 1 heterocycles. The third-order valence-corrected chi connectivity index (χ3v) is 4.56. The average molecular weight is 454 g/mol. The number of halogens is 4. The molecule has 0 atom stereocenters. The number of hydrogen-bond donors (Lipinski definition) is 2. The number of rotatable bonds is 8. The Morgan fingerprint density at radius 1 is 1.10 bits per heavy atom. The fourth-order valence-electron chi connectivity index (χ4n) is 1.92. The lowest BCUT2D eigenvalue weighted by Gasteiger charge is -2.19. The van der Waals surface area contributed by atoms with Crippen molar-refractivity contribution < 1.29 is 45.0 Å². The molecular weight excluding hydrogens is 440 g/mol. The Hall–Kier alpha value is -3.36. The lowest BCUT2D eigenvalue weighted by Crippen LogP contribution is -2.37. The predicted octanol–water partition coefficient (Wildman–Crippen LogP) is 2.24. The zero-order valence-corrected chi connectivity index (χ0v) is 16.0. The SMILES string of the molecule is COc1cc(OC)nc(NC(=O)NS(=O)(=O)c2ccccc2OC(F)(F)C(F)F)n1. The monoisotopic (exact) mass is 454 g/mol. The van der Waals surface area contributed by atoms with Gasteiger partial charge in [0.05, 0.1) is 20.3 Å². The molecule has 1 aromatic heterocycles. The third-order valence-electron chi connectivity index (χ3n) is 3.19. The van der Waals surface area contributed by atoms with E-state index in [2.05, 4.69) is 14.7 Å². The van der Waals surface area contributed by atoms with E-state index in [0.29, 0.717) is 0 Å². The van der Waals surface area contributed by atoms with Crippen LogP contribution in [0.1, 0.15) is 0 Å². The lowest BCUT2D eigenvalue weighted by atomic mass is 10.3. The van der Waals surface area contributed by atoms with E-state index in [4.69, 9.17) is 9.47 Å². The van der Waals surface area contributed by atoms with E-state index >= 15 is 0 Å². The Balaban J connectivity index is 2.24. The van der Waals surface area contributed by atoms with E-state index in [1.807, 2.05) is 5.32 Å². The summed E-state index contributed by atoms with van der Waals surface area (Å²) in [6.45, 7) is 0. The van der Waals surface area contributed by atoms with Crippen LogP contribution in [0, 0.1) is 0 Å². The average Bonchev–Trinajstić information content (AvgIpc) is 2.66. The molecule has 0 aliphatic rings. The Labute approximate surface area is 167 Å². The highest BCUT2D eigenvalue weighted by Crippen LogP contribution is 2.31. The second-order valence-corrected chi connectivity index (χ2v) is 6.90. The predicted molar refractivity (Wildman–Crippen MR) is 92.5 cm³/mol. The van der Waals surface area contributed by atoms with Gasteiger partial charge in [0, 0.05) is 0 Å². The van der Waals surface area contributed by atoms with E-state index in [1.165, 1.54) is 25.0 Å². The van der Waals surface area contributed by atoms with E-state index in [-0.39, 0.29) is 11.8 Å². The molecule has 0 radical (unpaired) electrons. The van der Waals surface area contributed by atoms with Gasteiger partial charge in [0.25, 0.3) is 10.0 Å². The summed E-state index contributed by atoms with van der Waals surface area (Å²) in [5.41, 5.74) is 0. The summed E-state index contributed by atoms with van der Waals surface area (Å²) in [6.07, 6.45) is -9.18. The summed E-state index contributed by atoms with van der Waals surface area (Å²) < 4.78 is 90.9. The van der Waals surface area contributed by atoms with Crippen molar-refractivity contribution in [2.75, 3.05) is 19.5 Å². The standard InChI is InChI=1S/C15H14F4N4O6S/c1-27-10-7-11(28-2)21-13(20-10)22-14(24)23-30(25,26)9-6-4-3-5-8(9)29-15(18,19)12(16)17/h3-7,12H,1-2H3,(H2,20,21,22,23,24). The summed E-state index contributed by atoms with van der Waals surface area (Å²) in [5, 5.41) is 1.98. The molecule has 1 aromatic carbocycles. The number of para-hydroxylation sites is 1. The fourth-order valence-corrected chi connectivity index (χ4v) is 2.96. The van der Waals surface area contributed by atoms with Crippen LogP contribution in [0.5, 0.6) is 17.5 Å².